The first-order valence-corrected chi connectivity index (χ1v) is 3.32. The molecule has 56 valence electrons. The largest absolute Gasteiger partial charge is 0.206 e. The number of aryl methyl sites for hydroxylation is 2. The summed E-state index contributed by atoms with van der Waals surface area (Å²) < 4.78 is 12.8. The Hall–Kier alpha value is -1.36. The minimum atomic E-state index is -0.435. The van der Waals surface area contributed by atoms with Crippen molar-refractivity contribution in [3.8, 4) is 6.07 Å². The van der Waals surface area contributed by atoms with Gasteiger partial charge < -0.3 is 0 Å². The molecule has 1 nitrogen and oxygen atoms in total. The number of nitrogens with zero attached hydrogens (tertiary/aromatic N) is 1. The smallest absolute Gasteiger partial charge is 0.141 e. The van der Waals surface area contributed by atoms with Gasteiger partial charge in [-0.2, -0.15) is 5.26 Å². The lowest BCUT2D eigenvalue weighted by Gasteiger charge is -1.99. The summed E-state index contributed by atoms with van der Waals surface area (Å²) in [6, 6.07) is 4.73. The molecule has 1 aromatic carbocycles. The van der Waals surface area contributed by atoms with Gasteiger partial charge >= 0.3 is 0 Å². The van der Waals surface area contributed by atoms with E-state index in [1.807, 2.05) is 13.8 Å². The minimum Gasteiger partial charge on any atom is -0.206 e. The van der Waals surface area contributed by atoms with E-state index in [-0.39, 0.29) is 5.56 Å². The molecule has 0 spiro atoms. The predicted octanol–water partition coefficient (Wildman–Crippen LogP) is 2.31. The Bertz CT molecular complexity index is 323. The normalized spacial score (nSPS) is 9.27. The van der Waals surface area contributed by atoms with E-state index in [0.29, 0.717) is 0 Å². The highest BCUT2D eigenvalue weighted by molar-refractivity contribution is 5.38. The Morgan fingerprint density at radius 1 is 1.27 bits per heavy atom. The predicted molar refractivity (Wildman–Crippen MR) is 40.6 cm³/mol. The molecule has 0 aliphatic carbocycles. The van der Waals surface area contributed by atoms with E-state index < -0.39 is 5.82 Å². The third kappa shape index (κ3) is 1.38. The van der Waals surface area contributed by atoms with Crippen LogP contribution in [0.3, 0.4) is 0 Å². The Balaban J connectivity index is 3.35. The zero-order valence-electron chi connectivity index (χ0n) is 6.48. The second-order valence-electron chi connectivity index (χ2n) is 2.53. The lowest BCUT2D eigenvalue weighted by atomic mass is 10.1. The molecular weight excluding hydrogens is 141 g/mol. The number of halogens is 1. The van der Waals surface area contributed by atoms with Crippen molar-refractivity contribution in [1.82, 2.24) is 0 Å². The first kappa shape index (κ1) is 7.74. The van der Waals surface area contributed by atoms with Crippen LogP contribution in [0.5, 0.6) is 0 Å². The van der Waals surface area contributed by atoms with Crippen LogP contribution < -0.4 is 0 Å². The van der Waals surface area contributed by atoms with Gasteiger partial charge in [-0.1, -0.05) is 0 Å². The summed E-state index contributed by atoms with van der Waals surface area (Å²) in [6.07, 6.45) is 0. The van der Waals surface area contributed by atoms with E-state index in [2.05, 4.69) is 0 Å². The van der Waals surface area contributed by atoms with Crippen LogP contribution >= 0.6 is 0 Å². The minimum absolute atomic E-state index is 0.119. The van der Waals surface area contributed by atoms with Crippen molar-refractivity contribution in [1.29, 1.82) is 5.26 Å². The summed E-state index contributed by atoms with van der Waals surface area (Å²) in [5.41, 5.74) is 1.94. The lowest BCUT2D eigenvalue weighted by Crippen LogP contribution is -1.88. The molecule has 0 N–H and O–H groups in total. The molecule has 0 heterocycles. The van der Waals surface area contributed by atoms with Crippen LogP contribution in [0, 0.1) is 31.0 Å². The molecule has 0 aliphatic rings. The van der Waals surface area contributed by atoms with Crippen LogP contribution in [-0.4, -0.2) is 0 Å². The maximum atomic E-state index is 12.8. The molecule has 1 rings (SSSR count). The third-order valence-electron chi connectivity index (χ3n) is 1.70. The monoisotopic (exact) mass is 149 g/mol. The van der Waals surface area contributed by atoms with E-state index in [9.17, 15) is 4.39 Å². The maximum absolute atomic E-state index is 12.8. The molecule has 0 bridgehead atoms. The summed E-state index contributed by atoms with van der Waals surface area (Å²) in [5.74, 6) is -0.435. The van der Waals surface area contributed by atoms with Crippen molar-refractivity contribution in [3.63, 3.8) is 0 Å². The Morgan fingerprint density at radius 2 is 1.82 bits per heavy atom. The number of hydrogen-bond acceptors (Lipinski definition) is 1. The first-order chi connectivity index (χ1) is 5.15. The van der Waals surface area contributed by atoms with Gasteiger partial charge in [-0.05, 0) is 37.1 Å². The van der Waals surface area contributed by atoms with E-state index in [1.165, 1.54) is 6.07 Å². The van der Waals surface area contributed by atoms with E-state index >= 15 is 0 Å². The quantitative estimate of drug-likeness (QED) is 0.555. The summed E-state index contributed by atoms with van der Waals surface area (Å²) in [7, 11) is 0. The number of nitriles is 1. The Morgan fingerprint density at radius 3 is 2.36 bits per heavy atom. The molecule has 0 atom stereocenters. The molecular formula is C9H8FN. The number of hydrogen-bond donors (Lipinski definition) is 0. The average molecular weight is 149 g/mol. The fourth-order valence-electron chi connectivity index (χ4n) is 0.867. The van der Waals surface area contributed by atoms with Gasteiger partial charge in [0, 0.05) is 0 Å². The molecule has 2 heteroatoms. The summed E-state index contributed by atoms with van der Waals surface area (Å²) in [5, 5.41) is 8.44. The number of rotatable bonds is 0. The highest BCUT2D eigenvalue weighted by Crippen LogP contribution is 2.13. The van der Waals surface area contributed by atoms with Gasteiger partial charge in [0.25, 0.3) is 0 Å². The zero-order valence-corrected chi connectivity index (χ0v) is 6.48. The fourth-order valence-corrected chi connectivity index (χ4v) is 0.867. The molecule has 0 aliphatic heterocycles. The van der Waals surface area contributed by atoms with E-state index in [0.717, 1.165) is 11.1 Å². The highest BCUT2D eigenvalue weighted by atomic mass is 19.1. The number of benzene rings is 1. The van der Waals surface area contributed by atoms with Gasteiger partial charge in [0.2, 0.25) is 0 Å². The third-order valence-corrected chi connectivity index (χ3v) is 1.70. The molecule has 0 saturated carbocycles. The molecule has 1 aromatic rings. The van der Waals surface area contributed by atoms with Gasteiger partial charge in [-0.3, -0.25) is 0 Å². The van der Waals surface area contributed by atoms with Crippen LogP contribution in [0.1, 0.15) is 16.7 Å². The van der Waals surface area contributed by atoms with Crippen molar-refractivity contribution in [2.24, 2.45) is 0 Å². The summed E-state index contributed by atoms with van der Waals surface area (Å²) >= 11 is 0. The molecule has 0 radical (unpaired) electrons. The molecule has 0 aromatic heterocycles. The van der Waals surface area contributed by atoms with Crippen molar-refractivity contribution in [2.75, 3.05) is 0 Å². The van der Waals surface area contributed by atoms with Crippen molar-refractivity contribution in [2.45, 2.75) is 13.8 Å². The van der Waals surface area contributed by atoms with E-state index in [4.69, 9.17) is 5.26 Å². The van der Waals surface area contributed by atoms with Crippen LogP contribution in [0.25, 0.3) is 0 Å². The van der Waals surface area contributed by atoms with Crippen LogP contribution in [0.4, 0.5) is 4.39 Å². The second kappa shape index (κ2) is 2.71. The second-order valence-corrected chi connectivity index (χ2v) is 2.53. The van der Waals surface area contributed by atoms with Crippen molar-refractivity contribution in [3.05, 3.63) is 34.6 Å². The first-order valence-electron chi connectivity index (χ1n) is 3.32. The Labute approximate surface area is 65.1 Å². The van der Waals surface area contributed by atoms with Crippen molar-refractivity contribution < 1.29 is 4.39 Å². The Kier molecular flexibility index (Phi) is 1.91. The van der Waals surface area contributed by atoms with Gasteiger partial charge in [0.1, 0.15) is 11.9 Å². The van der Waals surface area contributed by atoms with Crippen molar-refractivity contribution >= 4 is 0 Å². The van der Waals surface area contributed by atoms with Gasteiger partial charge in [0.15, 0.2) is 0 Å². The highest BCUT2D eigenvalue weighted by Gasteiger charge is 2.02. The molecule has 0 fully saturated rings. The SMILES string of the molecule is Cc1cc(F)c(C#N)cc1C. The molecule has 0 amide bonds. The lowest BCUT2D eigenvalue weighted by molar-refractivity contribution is 0.622. The van der Waals surface area contributed by atoms with Gasteiger partial charge in [0.05, 0.1) is 5.56 Å². The van der Waals surface area contributed by atoms with Gasteiger partial charge in [-0.15, -0.1) is 0 Å². The van der Waals surface area contributed by atoms with Crippen LogP contribution in [0.15, 0.2) is 12.1 Å². The van der Waals surface area contributed by atoms with E-state index in [1.54, 1.807) is 12.1 Å². The summed E-state index contributed by atoms with van der Waals surface area (Å²) in [6.45, 7) is 3.68. The van der Waals surface area contributed by atoms with Crippen LogP contribution in [0.2, 0.25) is 0 Å². The average Bonchev–Trinajstić information content (AvgIpc) is 1.97. The molecule has 11 heavy (non-hydrogen) atoms. The standard InChI is InChI=1S/C9H8FN/c1-6-3-8(5-11)9(10)4-7(6)2/h3-4H,1-2H3. The molecule has 0 saturated heterocycles. The summed E-state index contributed by atoms with van der Waals surface area (Å²) in [4.78, 5) is 0. The zero-order chi connectivity index (χ0) is 8.43. The van der Waals surface area contributed by atoms with Crippen LogP contribution in [-0.2, 0) is 0 Å². The van der Waals surface area contributed by atoms with Gasteiger partial charge in [-0.25, -0.2) is 4.39 Å². The molecule has 0 unspecified atom stereocenters. The maximum Gasteiger partial charge on any atom is 0.141 e. The fraction of sp³-hybridized carbons (Fsp3) is 0.222. The topological polar surface area (TPSA) is 23.8 Å².